The average molecular weight is 453 g/mol. The first-order chi connectivity index (χ1) is 16.0. The third-order valence-corrected chi connectivity index (χ3v) is 5.81. The maximum Gasteiger partial charge on any atom is 0.415 e. The Morgan fingerprint density at radius 2 is 2.00 bits per heavy atom. The molecule has 3 N–H and O–H groups in total. The Labute approximate surface area is 189 Å². The fourth-order valence-corrected chi connectivity index (χ4v) is 4.12. The van der Waals surface area contributed by atoms with Crippen LogP contribution in [0.15, 0.2) is 36.4 Å². The number of cyclic esters (lactones) is 1. The lowest BCUT2D eigenvalue weighted by molar-refractivity contribution is -0.118. The Kier molecular flexibility index (Phi) is 5.56. The molecule has 11 nitrogen and oxygen atoms in total. The number of hydrogen-bond acceptors (Lipinski definition) is 8. The van der Waals surface area contributed by atoms with Gasteiger partial charge < -0.3 is 30.1 Å². The number of aliphatic hydroxyl groups is 1. The summed E-state index contributed by atoms with van der Waals surface area (Å²) in [6.45, 7) is 1.69. The van der Waals surface area contributed by atoms with Crippen LogP contribution in [0.4, 0.5) is 16.4 Å². The van der Waals surface area contributed by atoms with Crippen LogP contribution in [-0.2, 0) is 9.53 Å². The van der Waals surface area contributed by atoms with Gasteiger partial charge in [-0.05, 0) is 31.2 Å². The number of rotatable bonds is 7. The Hall–Kier alpha value is -3.70. The molecule has 2 atom stereocenters. The molecule has 33 heavy (non-hydrogen) atoms. The van der Waals surface area contributed by atoms with E-state index in [0.717, 1.165) is 0 Å². The van der Waals surface area contributed by atoms with Gasteiger partial charge in [0, 0.05) is 24.2 Å². The van der Waals surface area contributed by atoms with Gasteiger partial charge in [-0.1, -0.05) is 18.2 Å². The number of carbonyl (C=O) groups excluding carboxylic acids is 3. The van der Waals surface area contributed by atoms with E-state index in [9.17, 15) is 19.5 Å². The highest BCUT2D eigenvalue weighted by Crippen LogP contribution is 2.31. The van der Waals surface area contributed by atoms with Gasteiger partial charge in [0.1, 0.15) is 11.9 Å². The number of ether oxygens (including phenoxy) is 2. The van der Waals surface area contributed by atoms with Crippen molar-refractivity contribution in [2.45, 2.75) is 18.8 Å². The van der Waals surface area contributed by atoms with Crippen LogP contribution in [0.1, 0.15) is 28.6 Å². The molecule has 2 unspecified atom stereocenters. The van der Waals surface area contributed by atoms with Gasteiger partial charge in [0.25, 0.3) is 11.8 Å². The summed E-state index contributed by atoms with van der Waals surface area (Å²) in [5.74, 6) is 0.631. The normalized spacial score (nSPS) is 21.4. The minimum Gasteiger partial charge on any atom is -0.480 e. The second-order valence-corrected chi connectivity index (χ2v) is 7.97. The summed E-state index contributed by atoms with van der Waals surface area (Å²) in [4.78, 5) is 43.4. The number of carbonyl (C=O) groups is 3. The van der Waals surface area contributed by atoms with Crippen molar-refractivity contribution in [3.8, 4) is 5.75 Å². The summed E-state index contributed by atoms with van der Waals surface area (Å²) in [5.41, 5.74) is 1.16. The van der Waals surface area contributed by atoms with Gasteiger partial charge >= 0.3 is 6.09 Å². The van der Waals surface area contributed by atoms with E-state index < -0.39 is 12.3 Å². The van der Waals surface area contributed by atoms with E-state index in [0.29, 0.717) is 55.3 Å². The second-order valence-electron chi connectivity index (χ2n) is 7.97. The molecule has 1 aromatic carbocycles. The summed E-state index contributed by atoms with van der Waals surface area (Å²) in [7, 11) is 0. The number of hydrogen-bond donors (Lipinski definition) is 3. The molecule has 1 fully saturated rings. The molecule has 3 aliphatic rings. The van der Waals surface area contributed by atoms with Crippen molar-refractivity contribution >= 4 is 29.5 Å². The molecule has 3 amide bonds. The van der Waals surface area contributed by atoms with Crippen LogP contribution in [-0.4, -0.2) is 71.8 Å². The minimum absolute atomic E-state index is 0.0628. The first-order valence-corrected chi connectivity index (χ1v) is 10.7. The quantitative estimate of drug-likeness (QED) is 0.526. The van der Waals surface area contributed by atoms with E-state index in [1.54, 1.807) is 36.4 Å². The smallest absolute Gasteiger partial charge is 0.415 e. The fraction of sp³-hybridized carbons (Fsp3) is 0.364. The SMILES string of the molecule is O=C1COc2ccc(N3CC(CCNCCN4C(=O)c5ccccc5C4O)OC3=O)nc2N1. The monoisotopic (exact) mass is 453 g/mol. The van der Waals surface area contributed by atoms with E-state index in [-0.39, 0.29) is 30.3 Å². The van der Waals surface area contributed by atoms with Crippen LogP contribution in [0.2, 0.25) is 0 Å². The lowest BCUT2D eigenvalue weighted by Crippen LogP contribution is -2.36. The van der Waals surface area contributed by atoms with Crippen molar-refractivity contribution in [2.75, 3.05) is 43.0 Å². The van der Waals surface area contributed by atoms with Crippen LogP contribution in [0.5, 0.6) is 5.75 Å². The number of benzene rings is 1. The van der Waals surface area contributed by atoms with Crippen molar-refractivity contribution in [1.29, 1.82) is 0 Å². The summed E-state index contributed by atoms with van der Waals surface area (Å²) in [6, 6.07) is 10.4. The van der Waals surface area contributed by atoms with Gasteiger partial charge in [0.15, 0.2) is 24.4 Å². The predicted molar refractivity (Wildman–Crippen MR) is 116 cm³/mol. The maximum absolute atomic E-state index is 12.4. The van der Waals surface area contributed by atoms with Crippen LogP contribution >= 0.6 is 0 Å². The zero-order chi connectivity index (χ0) is 22.9. The zero-order valence-electron chi connectivity index (χ0n) is 17.7. The molecule has 0 aliphatic carbocycles. The highest BCUT2D eigenvalue weighted by molar-refractivity contribution is 5.99. The predicted octanol–water partition coefficient (Wildman–Crippen LogP) is 0.864. The third kappa shape index (κ3) is 4.08. The molecule has 0 bridgehead atoms. The lowest BCUT2D eigenvalue weighted by atomic mass is 10.1. The summed E-state index contributed by atoms with van der Waals surface area (Å²) >= 11 is 0. The lowest BCUT2D eigenvalue weighted by Gasteiger charge is -2.21. The third-order valence-electron chi connectivity index (χ3n) is 5.81. The molecule has 3 aliphatic heterocycles. The number of aliphatic hydroxyl groups excluding tert-OH is 1. The summed E-state index contributed by atoms with van der Waals surface area (Å²) < 4.78 is 10.7. The van der Waals surface area contributed by atoms with Gasteiger partial charge in [-0.2, -0.15) is 0 Å². The standard InChI is InChI=1S/C22H23N5O6/c28-18-12-32-16-5-6-17(24-19(16)25-18)27-11-13(33-22(27)31)7-8-23-9-10-26-20(29)14-3-1-2-4-15(14)21(26)30/h1-6,13,20,23,29H,7-12H2,(H,24,25,28). The van der Waals surface area contributed by atoms with Crippen LogP contribution in [0.3, 0.4) is 0 Å². The first-order valence-electron chi connectivity index (χ1n) is 10.7. The van der Waals surface area contributed by atoms with E-state index in [1.807, 2.05) is 0 Å². The molecule has 1 saturated heterocycles. The molecule has 0 radical (unpaired) electrons. The number of aromatic nitrogens is 1. The van der Waals surface area contributed by atoms with Crippen LogP contribution < -0.4 is 20.3 Å². The topological polar surface area (TPSA) is 133 Å². The van der Waals surface area contributed by atoms with Gasteiger partial charge in [-0.15, -0.1) is 0 Å². The number of amides is 3. The Bertz CT molecular complexity index is 1110. The number of pyridine rings is 1. The molecular weight excluding hydrogens is 430 g/mol. The fourth-order valence-electron chi connectivity index (χ4n) is 4.12. The number of nitrogens with zero attached hydrogens (tertiary/aromatic N) is 3. The van der Waals surface area contributed by atoms with Gasteiger partial charge in [0.05, 0.1) is 6.54 Å². The molecule has 172 valence electrons. The van der Waals surface area contributed by atoms with E-state index in [4.69, 9.17) is 9.47 Å². The number of anilines is 2. The molecule has 11 heteroatoms. The molecule has 0 saturated carbocycles. The van der Waals surface area contributed by atoms with Crippen molar-refractivity contribution in [3.05, 3.63) is 47.5 Å². The number of nitrogens with one attached hydrogen (secondary N) is 2. The molecule has 5 rings (SSSR count). The molecule has 4 heterocycles. The molecule has 0 spiro atoms. The zero-order valence-corrected chi connectivity index (χ0v) is 17.7. The molecule has 1 aromatic heterocycles. The highest BCUT2D eigenvalue weighted by atomic mass is 16.6. The van der Waals surface area contributed by atoms with Crippen molar-refractivity contribution in [1.82, 2.24) is 15.2 Å². The van der Waals surface area contributed by atoms with Crippen LogP contribution in [0.25, 0.3) is 0 Å². The van der Waals surface area contributed by atoms with Gasteiger partial charge in [-0.3, -0.25) is 14.5 Å². The van der Waals surface area contributed by atoms with E-state index in [2.05, 4.69) is 15.6 Å². The summed E-state index contributed by atoms with van der Waals surface area (Å²) in [6.07, 6.45) is -1.18. The van der Waals surface area contributed by atoms with E-state index in [1.165, 1.54) is 9.80 Å². The van der Waals surface area contributed by atoms with Gasteiger partial charge in [0.2, 0.25) is 0 Å². The Morgan fingerprint density at radius 3 is 2.85 bits per heavy atom. The van der Waals surface area contributed by atoms with Crippen molar-refractivity contribution in [2.24, 2.45) is 0 Å². The molecule has 2 aromatic rings. The van der Waals surface area contributed by atoms with Crippen molar-refractivity contribution in [3.63, 3.8) is 0 Å². The maximum atomic E-state index is 12.4. The summed E-state index contributed by atoms with van der Waals surface area (Å²) in [5, 5.41) is 16.2. The highest BCUT2D eigenvalue weighted by Gasteiger charge is 2.35. The average Bonchev–Trinajstić information content (AvgIpc) is 3.30. The minimum atomic E-state index is -0.931. The van der Waals surface area contributed by atoms with E-state index >= 15 is 0 Å². The van der Waals surface area contributed by atoms with Crippen LogP contribution in [0, 0.1) is 0 Å². The molecular formula is C22H23N5O6. The first kappa shape index (κ1) is 21.2. The Balaban J connectivity index is 1.09. The van der Waals surface area contributed by atoms with Gasteiger partial charge in [-0.25, -0.2) is 9.78 Å². The number of fused-ring (bicyclic) bond motifs is 2. The van der Waals surface area contributed by atoms with Crippen molar-refractivity contribution < 1.29 is 29.0 Å². The largest absolute Gasteiger partial charge is 0.480 e. The Morgan fingerprint density at radius 1 is 1.15 bits per heavy atom. The second kappa shape index (κ2) is 8.68.